The first-order chi connectivity index (χ1) is 13.4. The molecule has 1 atom stereocenters. The summed E-state index contributed by atoms with van der Waals surface area (Å²) in [5.74, 6) is -0.995. The van der Waals surface area contributed by atoms with Gasteiger partial charge in [-0.05, 0) is 36.1 Å². The molecule has 0 aliphatic carbocycles. The second-order valence-electron chi connectivity index (χ2n) is 6.59. The summed E-state index contributed by atoms with van der Waals surface area (Å²) in [6, 6.07) is 14.6. The number of ether oxygens (including phenoxy) is 1. The van der Waals surface area contributed by atoms with Crippen molar-refractivity contribution >= 4 is 18.8 Å². The minimum Gasteiger partial charge on any atom is -0.496 e. The number of ketones is 1. The van der Waals surface area contributed by atoms with Crippen molar-refractivity contribution in [2.75, 3.05) is 7.11 Å². The molecule has 2 aromatic rings. The normalized spacial score (nSPS) is 11.6. The number of hydrogen-bond acceptors (Lipinski definition) is 5. The van der Waals surface area contributed by atoms with E-state index in [1.165, 1.54) is 7.11 Å². The van der Waals surface area contributed by atoms with Crippen molar-refractivity contribution in [2.45, 2.75) is 38.5 Å². The van der Waals surface area contributed by atoms with Gasteiger partial charge in [-0.2, -0.15) is 0 Å². The smallest absolute Gasteiger partial charge is 0.475 e. The van der Waals surface area contributed by atoms with Gasteiger partial charge in [0.25, 0.3) is 0 Å². The Kier molecular flexibility index (Phi) is 8.23. The monoisotopic (exact) mass is 383 g/mol. The Morgan fingerprint density at radius 3 is 2.46 bits per heavy atom. The number of methoxy groups -OCH3 is 1. The molecule has 148 valence electrons. The second-order valence-corrected chi connectivity index (χ2v) is 6.59. The molecule has 28 heavy (non-hydrogen) atoms. The van der Waals surface area contributed by atoms with Gasteiger partial charge in [0.05, 0.1) is 18.6 Å². The van der Waals surface area contributed by atoms with Crippen molar-refractivity contribution in [3.63, 3.8) is 0 Å². The average Bonchev–Trinajstić information content (AvgIpc) is 2.71. The van der Waals surface area contributed by atoms with Crippen LogP contribution in [0.5, 0.6) is 5.75 Å². The number of para-hydroxylation sites is 1. The first-order valence-electron chi connectivity index (χ1n) is 9.34. The van der Waals surface area contributed by atoms with Gasteiger partial charge in [0.2, 0.25) is 5.91 Å². The van der Waals surface area contributed by atoms with Crippen LogP contribution >= 0.6 is 0 Å². The van der Waals surface area contributed by atoms with Crippen LogP contribution in [0.15, 0.2) is 48.5 Å². The number of amides is 1. The van der Waals surface area contributed by atoms with Gasteiger partial charge in [-0.1, -0.05) is 43.3 Å². The standard InChI is InChI=1S/C21H26BNO5/c1-3-15-7-6-8-16(13-15)14-20(22(26)27)23-21(25)12-11-18(24)17-9-4-5-10-19(17)28-2/h4-10,13,20,26-27H,3,11-12,14H2,1-2H3,(H,23,25). The highest BCUT2D eigenvalue weighted by Crippen LogP contribution is 2.19. The van der Waals surface area contributed by atoms with Crippen molar-refractivity contribution in [1.82, 2.24) is 5.32 Å². The lowest BCUT2D eigenvalue weighted by atomic mass is 9.75. The van der Waals surface area contributed by atoms with Crippen molar-refractivity contribution in [2.24, 2.45) is 0 Å². The quantitative estimate of drug-likeness (QED) is 0.431. The lowest BCUT2D eigenvalue weighted by Crippen LogP contribution is -2.47. The molecule has 0 aliphatic heterocycles. The maximum Gasteiger partial charge on any atom is 0.475 e. The van der Waals surface area contributed by atoms with Gasteiger partial charge in [0.15, 0.2) is 5.78 Å². The topological polar surface area (TPSA) is 95.9 Å². The van der Waals surface area contributed by atoms with Crippen LogP contribution in [0.4, 0.5) is 0 Å². The van der Waals surface area contributed by atoms with Crippen molar-refractivity contribution in [3.8, 4) is 5.75 Å². The summed E-state index contributed by atoms with van der Waals surface area (Å²) in [6.45, 7) is 2.04. The third-order valence-electron chi connectivity index (χ3n) is 4.55. The zero-order valence-corrected chi connectivity index (χ0v) is 16.2. The van der Waals surface area contributed by atoms with Gasteiger partial charge < -0.3 is 20.1 Å². The molecule has 0 saturated heterocycles. The highest BCUT2D eigenvalue weighted by molar-refractivity contribution is 6.43. The molecule has 0 aromatic heterocycles. The first-order valence-corrected chi connectivity index (χ1v) is 9.34. The number of carbonyl (C=O) groups excluding carboxylic acids is 2. The lowest BCUT2D eigenvalue weighted by molar-refractivity contribution is -0.121. The zero-order chi connectivity index (χ0) is 20.5. The van der Waals surface area contributed by atoms with Gasteiger partial charge in [-0.25, -0.2) is 0 Å². The minimum atomic E-state index is -1.70. The number of carbonyl (C=O) groups is 2. The summed E-state index contributed by atoms with van der Waals surface area (Å²) in [5.41, 5.74) is 2.47. The Morgan fingerprint density at radius 2 is 1.79 bits per heavy atom. The molecule has 2 aromatic carbocycles. The molecule has 0 bridgehead atoms. The Hall–Kier alpha value is -2.64. The van der Waals surface area contributed by atoms with Crippen LogP contribution in [0.25, 0.3) is 0 Å². The third-order valence-corrected chi connectivity index (χ3v) is 4.55. The van der Waals surface area contributed by atoms with Crippen LogP contribution in [0.1, 0.15) is 41.3 Å². The Labute approximate surface area is 165 Å². The molecule has 0 radical (unpaired) electrons. The van der Waals surface area contributed by atoms with Crippen molar-refractivity contribution < 1.29 is 24.4 Å². The van der Waals surface area contributed by atoms with E-state index in [1.54, 1.807) is 24.3 Å². The molecular formula is C21H26BNO5. The van der Waals surface area contributed by atoms with E-state index in [0.29, 0.717) is 11.3 Å². The molecule has 0 aliphatic rings. The van der Waals surface area contributed by atoms with Crippen LogP contribution < -0.4 is 10.1 Å². The predicted octanol–water partition coefficient (Wildman–Crippen LogP) is 1.96. The maximum atomic E-state index is 12.4. The fourth-order valence-corrected chi connectivity index (χ4v) is 2.98. The van der Waals surface area contributed by atoms with Gasteiger partial charge in [0, 0.05) is 12.8 Å². The van der Waals surface area contributed by atoms with Gasteiger partial charge in [0.1, 0.15) is 5.75 Å². The third kappa shape index (κ3) is 6.21. The van der Waals surface area contributed by atoms with Gasteiger partial charge in [-0.3, -0.25) is 9.59 Å². The SMILES string of the molecule is CCc1cccc(CC(NC(=O)CCC(=O)c2ccccc2OC)B(O)O)c1. The lowest BCUT2D eigenvalue weighted by Gasteiger charge is -2.18. The molecule has 0 heterocycles. The molecule has 0 spiro atoms. The second kappa shape index (κ2) is 10.6. The van der Waals surface area contributed by atoms with Crippen LogP contribution in [-0.2, 0) is 17.6 Å². The first kappa shape index (κ1) is 21.7. The number of nitrogens with one attached hydrogen (secondary N) is 1. The number of Topliss-reactive ketones (excluding diaryl/α,β-unsaturated/α-hetero) is 1. The van der Waals surface area contributed by atoms with E-state index in [0.717, 1.165) is 17.5 Å². The van der Waals surface area contributed by atoms with E-state index in [1.807, 2.05) is 31.2 Å². The predicted molar refractivity (Wildman–Crippen MR) is 108 cm³/mol. The number of rotatable bonds is 10. The van der Waals surface area contributed by atoms with E-state index >= 15 is 0 Å². The summed E-state index contributed by atoms with van der Waals surface area (Å²) < 4.78 is 5.17. The van der Waals surface area contributed by atoms with E-state index in [2.05, 4.69) is 5.32 Å². The van der Waals surface area contributed by atoms with Crippen molar-refractivity contribution in [3.05, 3.63) is 65.2 Å². The van der Waals surface area contributed by atoms with Crippen LogP contribution in [0.3, 0.4) is 0 Å². The fraction of sp³-hybridized carbons (Fsp3) is 0.333. The van der Waals surface area contributed by atoms with Gasteiger partial charge in [-0.15, -0.1) is 0 Å². The number of benzene rings is 2. The summed E-state index contributed by atoms with van der Waals surface area (Å²) in [4.78, 5) is 24.6. The summed E-state index contributed by atoms with van der Waals surface area (Å²) in [6.07, 6.45) is 1.12. The van der Waals surface area contributed by atoms with E-state index < -0.39 is 19.0 Å². The number of hydrogen-bond donors (Lipinski definition) is 3. The fourth-order valence-electron chi connectivity index (χ4n) is 2.98. The summed E-state index contributed by atoms with van der Waals surface area (Å²) in [5, 5.41) is 21.9. The van der Waals surface area contributed by atoms with Gasteiger partial charge >= 0.3 is 7.12 Å². The molecule has 2 rings (SSSR count). The van der Waals surface area contributed by atoms with Crippen molar-refractivity contribution in [1.29, 1.82) is 0 Å². The number of aryl methyl sites for hydroxylation is 1. The highest BCUT2D eigenvalue weighted by atomic mass is 16.5. The van der Waals surface area contributed by atoms with Crippen LogP contribution in [-0.4, -0.2) is 41.9 Å². The summed E-state index contributed by atoms with van der Waals surface area (Å²) >= 11 is 0. The Bertz CT molecular complexity index is 809. The minimum absolute atomic E-state index is 0.00572. The molecular weight excluding hydrogens is 357 g/mol. The molecule has 1 amide bonds. The Balaban J connectivity index is 1.94. The van der Waals surface area contributed by atoms with E-state index in [9.17, 15) is 19.6 Å². The van der Waals surface area contributed by atoms with Crippen LogP contribution in [0.2, 0.25) is 0 Å². The molecule has 1 unspecified atom stereocenters. The Morgan fingerprint density at radius 1 is 1.07 bits per heavy atom. The molecule has 7 heteroatoms. The largest absolute Gasteiger partial charge is 0.496 e. The maximum absolute atomic E-state index is 12.4. The molecule has 0 saturated carbocycles. The highest BCUT2D eigenvalue weighted by Gasteiger charge is 2.26. The zero-order valence-electron chi connectivity index (χ0n) is 16.2. The van der Waals surface area contributed by atoms with E-state index in [4.69, 9.17) is 4.74 Å². The molecule has 6 nitrogen and oxygen atoms in total. The summed E-state index contributed by atoms with van der Waals surface area (Å²) in [7, 11) is -0.210. The molecule has 3 N–H and O–H groups in total. The van der Waals surface area contributed by atoms with Crippen LogP contribution in [0, 0.1) is 0 Å². The molecule has 0 fully saturated rings. The average molecular weight is 383 g/mol. The van der Waals surface area contributed by atoms with E-state index in [-0.39, 0.29) is 25.0 Å².